The van der Waals surface area contributed by atoms with Gasteiger partial charge < -0.3 is 11.1 Å². The predicted molar refractivity (Wildman–Crippen MR) is 76.3 cm³/mol. The van der Waals surface area contributed by atoms with Crippen molar-refractivity contribution in [1.29, 1.82) is 0 Å². The Morgan fingerprint density at radius 1 is 1.39 bits per heavy atom. The largest absolute Gasteiger partial charge is 0.399 e. The van der Waals surface area contributed by atoms with E-state index in [9.17, 15) is 4.79 Å². The lowest BCUT2D eigenvalue weighted by atomic mass is 9.97. The van der Waals surface area contributed by atoms with E-state index in [1.54, 1.807) is 0 Å². The van der Waals surface area contributed by atoms with Crippen molar-refractivity contribution >= 4 is 11.6 Å². The van der Waals surface area contributed by atoms with Crippen LogP contribution >= 0.6 is 0 Å². The van der Waals surface area contributed by atoms with Gasteiger partial charge in [-0.3, -0.25) is 4.79 Å². The van der Waals surface area contributed by atoms with Crippen molar-refractivity contribution in [1.82, 2.24) is 5.32 Å². The number of rotatable bonds is 6. The molecule has 0 aliphatic rings. The minimum atomic E-state index is 0.0775. The monoisotopic (exact) mass is 246 g/mol. The molecule has 2 unspecified atom stereocenters. The lowest BCUT2D eigenvalue weighted by Crippen LogP contribution is -2.32. The van der Waals surface area contributed by atoms with E-state index in [-0.39, 0.29) is 17.9 Å². The lowest BCUT2D eigenvalue weighted by molar-refractivity contribution is -0.121. The van der Waals surface area contributed by atoms with Crippen molar-refractivity contribution in [3.05, 3.63) is 42.5 Å². The molecule has 1 aromatic rings. The molecule has 98 valence electrons. The van der Waals surface area contributed by atoms with E-state index in [1.807, 2.05) is 44.2 Å². The van der Waals surface area contributed by atoms with E-state index >= 15 is 0 Å². The summed E-state index contributed by atoms with van der Waals surface area (Å²) >= 11 is 0. The van der Waals surface area contributed by atoms with Crippen molar-refractivity contribution in [2.75, 3.05) is 5.73 Å². The zero-order chi connectivity index (χ0) is 13.5. The summed E-state index contributed by atoms with van der Waals surface area (Å²) in [5, 5.41) is 2.96. The summed E-state index contributed by atoms with van der Waals surface area (Å²) in [5.41, 5.74) is 7.52. The predicted octanol–water partition coefficient (Wildman–Crippen LogP) is 2.84. The third kappa shape index (κ3) is 4.62. The summed E-state index contributed by atoms with van der Waals surface area (Å²) < 4.78 is 0. The summed E-state index contributed by atoms with van der Waals surface area (Å²) in [7, 11) is 0. The van der Waals surface area contributed by atoms with Crippen molar-refractivity contribution in [3.63, 3.8) is 0 Å². The fourth-order valence-electron chi connectivity index (χ4n) is 1.86. The highest BCUT2D eigenvalue weighted by molar-refractivity contribution is 5.77. The Morgan fingerprint density at radius 3 is 2.56 bits per heavy atom. The van der Waals surface area contributed by atoms with Gasteiger partial charge in [0.15, 0.2) is 0 Å². The first-order valence-corrected chi connectivity index (χ1v) is 6.28. The molecule has 1 rings (SSSR count). The summed E-state index contributed by atoms with van der Waals surface area (Å²) in [4.78, 5) is 11.8. The maximum atomic E-state index is 11.8. The Kier molecular flexibility index (Phi) is 5.43. The van der Waals surface area contributed by atoms with E-state index < -0.39 is 0 Å². The maximum absolute atomic E-state index is 11.8. The van der Waals surface area contributed by atoms with Gasteiger partial charge in [-0.1, -0.05) is 25.1 Å². The molecule has 2 atom stereocenters. The Balaban J connectivity index is 2.48. The number of hydrogen-bond donors (Lipinski definition) is 2. The zero-order valence-corrected chi connectivity index (χ0v) is 11.1. The molecule has 0 aliphatic carbocycles. The van der Waals surface area contributed by atoms with Crippen LogP contribution in [0.5, 0.6) is 0 Å². The summed E-state index contributed by atoms with van der Waals surface area (Å²) in [6.45, 7) is 7.69. The number of carbonyl (C=O) groups excluding carboxylic acids is 1. The highest BCUT2D eigenvalue weighted by Gasteiger charge is 2.12. The van der Waals surface area contributed by atoms with Gasteiger partial charge in [-0.15, -0.1) is 6.58 Å². The normalized spacial score (nSPS) is 13.7. The molecule has 0 fully saturated rings. The molecule has 3 nitrogen and oxygen atoms in total. The van der Waals surface area contributed by atoms with Crippen LogP contribution in [0.15, 0.2) is 36.9 Å². The minimum Gasteiger partial charge on any atom is -0.399 e. The third-order valence-corrected chi connectivity index (χ3v) is 2.92. The van der Waals surface area contributed by atoms with E-state index in [1.165, 1.54) is 0 Å². The number of amides is 1. The smallest absolute Gasteiger partial charge is 0.220 e. The fourth-order valence-corrected chi connectivity index (χ4v) is 1.86. The molecule has 3 heteroatoms. The molecule has 1 amide bonds. The van der Waals surface area contributed by atoms with Crippen LogP contribution in [0.3, 0.4) is 0 Å². The Morgan fingerprint density at radius 2 is 2.00 bits per heavy atom. The average Bonchev–Trinajstić information content (AvgIpc) is 2.29. The molecule has 0 aliphatic heterocycles. The van der Waals surface area contributed by atoms with Gasteiger partial charge in [-0.25, -0.2) is 0 Å². The standard InChI is InChI=1S/C15H22N2O/c1-4-5-12(3)17-15(18)10-11(2)13-6-8-14(16)9-7-13/h4,6-9,11-12H,1,5,10,16H2,2-3H3,(H,17,18). The van der Waals surface area contributed by atoms with E-state index in [0.29, 0.717) is 6.42 Å². The summed E-state index contributed by atoms with van der Waals surface area (Å²) in [6.07, 6.45) is 3.10. The molecule has 1 aromatic carbocycles. The summed E-state index contributed by atoms with van der Waals surface area (Å²) in [6, 6.07) is 7.82. The van der Waals surface area contributed by atoms with E-state index in [0.717, 1.165) is 17.7 Å². The number of nitrogen functional groups attached to an aromatic ring is 1. The molecule has 0 radical (unpaired) electrons. The fraction of sp³-hybridized carbons (Fsp3) is 0.400. The van der Waals surface area contributed by atoms with Crippen LogP contribution in [-0.4, -0.2) is 11.9 Å². The van der Waals surface area contributed by atoms with Crippen molar-refractivity contribution in [3.8, 4) is 0 Å². The van der Waals surface area contributed by atoms with Gasteiger partial charge in [0.25, 0.3) is 0 Å². The van der Waals surface area contributed by atoms with Crippen LogP contribution in [0.1, 0.15) is 38.2 Å². The Hall–Kier alpha value is -1.77. The average molecular weight is 246 g/mol. The van der Waals surface area contributed by atoms with Gasteiger partial charge in [0.05, 0.1) is 0 Å². The minimum absolute atomic E-state index is 0.0775. The molecule has 0 heterocycles. The van der Waals surface area contributed by atoms with Crippen LogP contribution in [0.25, 0.3) is 0 Å². The highest BCUT2D eigenvalue weighted by Crippen LogP contribution is 2.20. The molecular weight excluding hydrogens is 224 g/mol. The quantitative estimate of drug-likeness (QED) is 0.599. The van der Waals surface area contributed by atoms with Crippen LogP contribution < -0.4 is 11.1 Å². The first-order valence-electron chi connectivity index (χ1n) is 6.28. The number of hydrogen-bond acceptors (Lipinski definition) is 2. The number of nitrogens with two attached hydrogens (primary N) is 1. The molecular formula is C15H22N2O. The van der Waals surface area contributed by atoms with Gasteiger partial charge >= 0.3 is 0 Å². The number of anilines is 1. The second-order valence-electron chi connectivity index (χ2n) is 4.76. The molecule has 3 N–H and O–H groups in total. The second kappa shape index (κ2) is 6.84. The van der Waals surface area contributed by atoms with Crippen molar-refractivity contribution < 1.29 is 4.79 Å². The van der Waals surface area contributed by atoms with Crippen LogP contribution in [0, 0.1) is 0 Å². The molecule has 0 saturated heterocycles. The third-order valence-electron chi connectivity index (χ3n) is 2.92. The molecule has 0 spiro atoms. The van der Waals surface area contributed by atoms with E-state index in [4.69, 9.17) is 5.73 Å². The highest BCUT2D eigenvalue weighted by atomic mass is 16.1. The number of nitrogens with one attached hydrogen (secondary N) is 1. The van der Waals surface area contributed by atoms with Crippen molar-refractivity contribution in [2.45, 2.75) is 38.6 Å². The Labute approximate surface area is 109 Å². The topological polar surface area (TPSA) is 55.1 Å². The Bertz CT molecular complexity index is 397. The van der Waals surface area contributed by atoms with Crippen LogP contribution in [-0.2, 0) is 4.79 Å². The molecule has 0 aromatic heterocycles. The molecule has 0 saturated carbocycles. The summed E-state index contributed by atoms with van der Waals surface area (Å²) in [5.74, 6) is 0.273. The second-order valence-corrected chi connectivity index (χ2v) is 4.76. The van der Waals surface area contributed by atoms with Gasteiger partial charge in [0, 0.05) is 18.2 Å². The first kappa shape index (κ1) is 14.3. The van der Waals surface area contributed by atoms with Crippen molar-refractivity contribution in [2.24, 2.45) is 0 Å². The van der Waals surface area contributed by atoms with Crippen LogP contribution in [0.4, 0.5) is 5.69 Å². The van der Waals surface area contributed by atoms with Gasteiger partial charge in [0.2, 0.25) is 5.91 Å². The van der Waals surface area contributed by atoms with Gasteiger partial charge in [0.1, 0.15) is 0 Å². The molecule has 18 heavy (non-hydrogen) atoms. The van der Waals surface area contributed by atoms with Crippen LogP contribution in [0.2, 0.25) is 0 Å². The number of benzene rings is 1. The lowest BCUT2D eigenvalue weighted by Gasteiger charge is -2.15. The number of carbonyl (C=O) groups is 1. The maximum Gasteiger partial charge on any atom is 0.220 e. The van der Waals surface area contributed by atoms with Gasteiger partial charge in [-0.2, -0.15) is 0 Å². The van der Waals surface area contributed by atoms with Gasteiger partial charge in [-0.05, 0) is 37.0 Å². The molecule has 0 bridgehead atoms. The first-order chi connectivity index (χ1) is 8.52. The van der Waals surface area contributed by atoms with E-state index in [2.05, 4.69) is 11.9 Å². The zero-order valence-electron chi connectivity index (χ0n) is 11.1. The SMILES string of the molecule is C=CCC(C)NC(=O)CC(C)c1ccc(N)cc1.